The van der Waals surface area contributed by atoms with Crippen LogP contribution in [0.2, 0.25) is 0 Å². The SMILES string of the molecule is CNC(=O)CC(NC(=O)NCCCOCCOP(=O)(O)OC)C(=O)NC. The Hall–Kier alpha value is -1.72. The van der Waals surface area contributed by atoms with E-state index < -0.39 is 25.8 Å². The van der Waals surface area contributed by atoms with E-state index in [0.29, 0.717) is 6.42 Å². The van der Waals surface area contributed by atoms with Crippen LogP contribution in [0.5, 0.6) is 0 Å². The Balaban J connectivity index is 3.91. The van der Waals surface area contributed by atoms with E-state index in [9.17, 15) is 18.9 Å². The van der Waals surface area contributed by atoms with Crippen molar-refractivity contribution in [3.8, 4) is 0 Å². The molecule has 26 heavy (non-hydrogen) atoms. The molecule has 13 heteroatoms. The molecule has 0 aromatic rings. The van der Waals surface area contributed by atoms with Crippen molar-refractivity contribution in [1.29, 1.82) is 0 Å². The van der Waals surface area contributed by atoms with Gasteiger partial charge < -0.3 is 30.9 Å². The van der Waals surface area contributed by atoms with Crippen LogP contribution in [0.15, 0.2) is 0 Å². The molecule has 4 amide bonds. The van der Waals surface area contributed by atoms with Crippen LogP contribution in [0.25, 0.3) is 0 Å². The molecule has 0 aliphatic rings. The zero-order chi connectivity index (χ0) is 20.0. The second-order valence-corrected chi connectivity index (χ2v) is 6.46. The molecule has 2 unspecified atom stereocenters. The number of likely N-dealkylation sites (N-methyl/N-ethyl adjacent to an activating group) is 1. The van der Waals surface area contributed by atoms with Crippen molar-refractivity contribution in [2.24, 2.45) is 0 Å². The van der Waals surface area contributed by atoms with Gasteiger partial charge in [-0.05, 0) is 6.42 Å². The first-order chi connectivity index (χ1) is 12.3. The van der Waals surface area contributed by atoms with Gasteiger partial charge in [0.05, 0.1) is 19.6 Å². The Morgan fingerprint density at radius 3 is 2.38 bits per heavy atom. The third-order valence-corrected chi connectivity index (χ3v) is 3.97. The molecule has 0 rings (SSSR count). The minimum absolute atomic E-state index is 0.0883. The maximum Gasteiger partial charge on any atom is 0.471 e. The maximum absolute atomic E-state index is 11.8. The molecule has 0 aromatic heterocycles. The highest BCUT2D eigenvalue weighted by Gasteiger charge is 2.22. The van der Waals surface area contributed by atoms with Crippen molar-refractivity contribution in [2.45, 2.75) is 18.9 Å². The fraction of sp³-hybridized carbons (Fsp3) is 0.769. The molecule has 0 heterocycles. The first-order valence-corrected chi connectivity index (χ1v) is 9.32. The lowest BCUT2D eigenvalue weighted by Gasteiger charge is -2.17. The van der Waals surface area contributed by atoms with E-state index in [-0.39, 0.29) is 38.7 Å². The average molecular weight is 398 g/mol. The molecular formula is C13H27N4O8P. The summed E-state index contributed by atoms with van der Waals surface area (Å²) >= 11 is 0. The van der Waals surface area contributed by atoms with Crippen molar-refractivity contribution in [1.82, 2.24) is 21.3 Å². The van der Waals surface area contributed by atoms with Crippen LogP contribution in [0.1, 0.15) is 12.8 Å². The second kappa shape index (κ2) is 13.5. The molecule has 12 nitrogen and oxygen atoms in total. The molecule has 0 saturated carbocycles. The van der Waals surface area contributed by atoms with Gasteiger partial charge in [-0.3, -0.25) is 18.6 Å². The molecule has 0 aliphatic carbocycles. The molecule has 0 aliphatic heterocycles. The van der Waals surface area contributed by atoms with Gasteiger partial charge in [-0.1, -0.05) is 0 Å². The number of phosphoric acid groups is 1. The largest absolute Gasteiger partial charge is 0.471 e. The van der Waals surface area contributed by atoms with E-state index in [0.717, 1.165) is 7.11 Å². The number of phosphoric ester groups is 1. The van der Waals surface area contributed by atoms with Crippen molar-refractivity contribution < 1.29 is 37.6 Å². The van der Waals surface area contributed by atoms with Gasteiger partial charge in [0.1, 0.15) is 6.04 Å². The van der Waals surface area contributed by atoms with Gasteiger partial charge in [-0.2, -0.15) is 0 Å². The quantitative estimate of drug-likeness (QED) is 0.189. The lowest BCUT2D eigenvalue weighted by molar-refractivity contribution is -0.127. The number of carbonyl (C=O) groups excluding carboxylic acids is 3. The molecule has 5 N–H and O–H groups in total. The minimum Gasteiger partial charge on any atom is -0.379 e. The van der Waals surface area contributed by atoms with Crippen LogP contribution in [-0.2, 0) is 27.9 Å². The highest BCUT2D eigenvalue weighted by molar-refractivity contribution is 7.47. The molecular weight excluding hydrogens is 371 g/mol. The van der Waals surface area contributed by atoms with Crippen molar-refractivity contribution in [3.05, 3.63) is 0 Å². The molecule has 0 radical (unpaired) electrons. The number of amides is 4. The summed E-state index contributed by atoms with van der Waals surface area (Å²) in [5.41, 5.74) is 0. The van der Waals surface area contributed by atoms with Crippen LogP contribution in [0.4, 0.5) is 4.79 Å². The fourth-order valence-electron chi connectivity index (χ4n) is 1.62. The van der Waals surface area contributed by atoms with Gasteiger partial charge in [0.25, 0.3) is 0 Å². The van der Waals surface area contributed by atoms with Gasteiger partial charge in [0, 0.05) is 34.4 Å². The Labute approximate surface area is 151 Å². The smallest absolute Gasteiger partial charge is 0.379 e. The van der Waals surface area contributed by atoms with E-state index in [1.54, 1.807) is 0 Å². The van der Waals surface area contributed by atoms with Crippen LogP contribution < -0.4 is 21.3 Å². The topological polar surface area (TPSA) is 164 Å². The zero-order valence-electron chi connectivity index (χ0n) is 15.1. The number of ether oxygens (including phenoxy) is 1. The Morgan fingerprint density at radius 2 is 1.81 bits per heavy atom. The molecule has 152 valence electrons. The summed E-state index contributed by atoms with van der Waals surface area (Å²) in [7, 11) is -0.0959. The monoisotopic (exact) mass is 398 g/mol. The Bertz CT molecular complexity index is 505. The first-order valence-electron chi connectivity index (χ1n) is 7.83. The normalized spacial score (nSPS) is 14.0. The molecule has 0 saturated heterocycles. The lowest BCUT2D eigenvalue weighted by atomic mass is 10.2. The molecule has 2 atom stereocenters. The average Bonchev–Trinajstić information content (AvgIpc) is 2.62. The van der Waals surface area contributed by atoms with Crippen molar-refractivity contribution in [3.63, 3.8) is 0 Å². The van der Waals surface area contributed by atoms with Crippen LogP contribution >= 0.6 is 7.82 Å². The molecule has 0 bridgehead atoms. The zero-order valence-corrected chi connectivity index (χ0v) is 16.0. The summed E-state index contributed by atoms with van der Waals surface area (Å²) in [4.78, 5) is 43.7. The summed E-state index contributed by atoms with van der Waals surface area (Å²) in [5.74, 6) is -0.861. The Kier molecular flexibility index (Phi) is 12.6. The third-order valence-electron chi connectivity index (χ3n) is 3.00. The number of carbonyl (C=O) groups is 3. The fourth-order valence-corrected chi connectivity index (χ4v) is 2.03. The van der Waals surface area contributed by atoms with Crippen LogP contribution in [0, 0.1) is 0 Å². The molecule has 0 fully saturated rings. The lowest BCUT2D eigenvalue weighted by Crippen LogP contribution is -2.51. The van der Waals surface area contributed by atoms with E-state index in [4.69, 9.17) is 9.63 Å². The van der Waals surface area contributed by atoms with Gasteiger partial charge in [0.15, 0.2) is 0 Å². The predicted molar refractivity (Wildman–Crippen MR) is 91.3 cm³/mol. The summed E-state index contributed by atoms with van der Waals surface area (Å²) in [6.45, 7) is 0.529. The van der Waals surface area contributed by atoms with E-state index in [2.05, 4.69) is 30.3 Å². The highest BCUT2D eigenvalue weighted by atomic mass is 31.2. The standard InChI is InChI=1S/C13H27N4O8P/c1-14-11(18)9-10(12(19)15-2)17-13(20)16-5-4-6-24-7-8-25-26(21,22)23-3/h10H,4-9H2,1-3H3,(H,14,18)(H,15,19)(H,21,22)(H2,16,17,20). The minimum atomic E-state index is -3.99. The Morgan fingerprint density at radius 1 is 1.12 bits per heavy atom. The number of hydrogen-bond acceptors (Lipinski definition) is 7. The molecule has 0 spiro atoms. The molecule has 0 aromatic carbocycles. The summed E-state index contributed by atoms with van der Waals surface area (Å²) in [6, 6.07) is -1.57. The van der Waals surface area contributed by atoms with E-state index >= 15 is 0 Å². The van der Waals surface area contributed by atoms with Gasteiger partial charge in [0.2, 0.25) is 11.8 Å². The number of rotatable bonds is 13. The van der Waals surface area contributed by atoms with Crippen molar-refractivity contribution >= 4 is 25.7 Å². The van der Waals surface area contributed by atoms with Crippen molar-refractivity contribution in [2.75, 3.05) is 47.6 Å². The number of nitrogens with one attached hydrogen (secondary N) is 4. The van der Waals surface area contributed by atoms with Gasteiger partial charge >= 0.3 is 13.9 Å². The van der Waals surface area contributed by atoms with Gasteiger partial charge in [-0.25, -0.2) is 9.36 Å². The van der Waals surface area contributed by atoms with Gasteiger partial charge in [-0.15, -0.1) is 0 Å². The summed E-state index contributed by atoms with van der Waals surface area (Å²) in [6.07, 6.45) is 0.289. The van der Waals surface area contributed by atoms with E-state index in [1.165, 1.54) is 14.1 Å². The highest BCUT2D eigenvalue weighted by Crippen LogP contribution is 2.41. The summed E-state index contributed by atoms with van der Waals surface area (Å²) in [5, 5.41) is 9.69. The van der Waals surface area contributed by atoms with E-state index in [1.807, 2.05) is 0 Å². The summed E-state index contributed by atoms with van der Waals surface area (Å²) < 4.78 is 24.9. The van der Waals surface area contributed by atoms with Crippen LogP contribution in [-0.4, -0.2) is 76.4 Å². The number of urea groups is 1. The third kappa shape index (κ3) is 11.8. The number of hydrogen-bond donors (Lipinski definition) is 5. The first kappa shape index (κ1) is 24.3. The van der Waals surface area contributed by atoms with Crippen LogP contribution in [0.3, 0.4) is 0 Å². The maximum atomic E-state index is 11.8. The predicted octanol–water partition coefficient (Wildman–Crippen LogP) is -1.29. The second-order valence-electron chi connectivity index (χ2n) is 4.89.